The average molecular weight is 266 g/mol. The summed E-state index contributed by atoms with van der Waals surface area (Å²) in [6, 6.07) is 11.2. The van der Waals surface area contributed by atoms with E-state index < -0.39 is 0 Å². The molecule has 3 rings (SSSR count). The van der Waals surface area contributed by atoms with Gasteiger partial charge < -0.3 is 5.32 Å². The highest BCUT2D eigenvalue weighted by Crippen LogP contribution is 2.21. The van der Waals surface area contributed by atoms with Crippen LogP contribution in [0.25, 0.3) is 10.9 Å². The highest BCUT2D eigenvalue weighted by atomic mass is 16.2. The van der Waals surface area contributed by atoms with Crippen LogP contribution in [0.5, 0.6) is 0 Å². The number of pyridine rings is 1. The fraction of sp³-hybridized carbons (Fsp3) is 0.133. The Hall–Kier alpha value is -2.69. The van der Waals surface area contributed by atoms with E-state index in [1.54, 1.807) is 23.1 Å². The molecule has 20 heavy (non-hydrogen) atoms. The van der Waals surface area contributed by atoms with Gasteiger partial charge in [0, 0.05) is 24.3 Å². The molecule has 0 spiro atoms. The van der Waals surface area contributed by atoms with E-state index >= 15 is 0 Å². The Morgan fingerprint density at radius 1 is 1.20 bits per heavy atom. The number of aryl methyl sites for hydroxylation is 1. The molecule has 0 saturated carbocycles. The molecule has 0 aliphatic rings. The maximum absolute atomic E-state index is 12.3. The summed E-state index contributed by atoms with van der Waals surface area (Å²) in [5, 5.41) is 7.95. The molecular formula is C15H14N4O. The van der Waals surface area contributed by atoms with Crippen molar-refractivity contribution in [3.8, 4) is 0 Å². The first-order valence-electron chi connectivity index (χ1n) is 6.46. The van der Waals surface area contributed by atoms with Crippen LogP contribution in [-0.2, 0) is 6.54 Å². The van der Waals surface area contributed by atoms with Gasteiger partial charge in [0.15, 0.2) is 0 Å². The summed E-state index contributed by atoms with van der Waals surface area (Å²) < 4.78 is 1.67. The van der Waals surface area contributed by atoms with Crippen LogP contribution >= 0.6 is 0 Å². The number of rotatable bonds is 3. The van der Waals surface area contributed by atoms with Crippen LogP contribution in [0.1, 0.15) is 17.4 Å². The van der Waals surface area contributed by atoms with Crippen molar-refractivity contribution < 1.29 is 4.79 Å². The van der Waals surface area contributed by atoms with E-state index in [1.165, 1.54) is 0 Å². The van der Waals surface area contributed by atoms with Crippen molar-refractivity contribution in [3.05, 3.63) is 54.5 Å². The largest absolute Gasteiger partial charge is 0.320 e. The summed E-state index contributed by atoms with van der Waals surface area (Å²) >= 11 is 0. The van der Waals surface area contributed by atoms with Crippen LogP contribution in [0, 0.1) is 0 Å². The molecule has 1 aromatic carbocycles. The number of hydrogen-bond acceptors (Lipinski definition) is 3. The molecule has 0 bridgehead atoms. The first-order valence-corrected chi connectivity index (χ1v) is 6.46. The van der Waals surface area contributed by atoms with Crippen LogP contribution in [0.15, 0.2) is 48.8 Å². The Kier molecular flexibility index (Phi) is 3.16. The average Bonchev–Trinajstić information content (AvgIpc) is 2.96. The fourth-order valence-electron chi connectivity index (χ4n) is 2.18. The predicted octanol–water partition coefficient (Wildman–Crippen LogP) is 2.70. The Morgan fingerprint density at radius 2 is 2.10 bits per heavy atom. The molecule has 0 atom stereocenters. The maximum Gasteiger partial charge on any atom is 0.273 e. The topological polar surface area (TPSA) is 59.8 Å². The predicted molar refractivity (Wildman–Crippen MR) is 77.6 cm³/mol. The van der Waals surface area contributed by atoms with Gasteiger partial charge in [-0.3, -0.25) is 14.5 Å². The van der Waals surface area contributed by atoms with Crippen LogP contribution < -0.4 is 5.32 Å². The number of fused-ring (bicyclic) bond motifs is 1. The van der Waals surface area contributed by atoms with Gasteiger partial charge in [-0.1, -0.05) is 6.07 Å². The normalized spacial score (nSPS) is 10.7. The zero-order chi connectivity index (χ0) is 13.9. The van der Waals surface area contributed by atoms with Gasteiger partial charge in [0.2, 0.25) is 0 Å². The number of carbonyl (C=O) groups excluding carboxylic acids is 1. The lowest BCUT2D eigenvalue weighted by Crippen LogP contribution is -2.17. The van der Waals surface area contributed by atoms with Crippen LogP contribution in [0.2, 0.25) is 0 Å². The Labute approximate surface area is 116 Å². The van der Waals surface area contributed by atoms with Gasteiger partial charge >= 0.3 is 0 Å². The van der Waals surface area contributed by atoms with E-state index in [-0.39, 0.29) is 5.91 Å². The van der Waals surface area contributed by atoms with Crippen molar-refractivity contribution in [2.45, 2.75) is 13.5 Å². The SMILES string of the molecule is CCn1nccc1C(=O)Nc1cccc2ncccc12. The second-order valence-corrected chi connectivity index (χ2v) is 4.36. The molecule has 0 radical (unpaired) electrons. The van der Waals surface area contributed by atoms with Crippen molar-refractivity contribution in [2.75, 3.05) is 5.32 Å². The molecular weight excluding hydrogens is 252 g/mol. The lowest BCUT2D eigenvalue weighted by atomic mass is 10.2. The minimum absolute atomic E-state index is 0.166. The molecule has 0 saturated heterocycles. The lowest BCUT2D eigenvalue weighted by molar-refractivity contribution is 0.101. The Morgan fingerprint density at radius 3 is 2.95 bits per heavy atom. The first kappa shape index (κ1) is 12.3. The van der Waals surface area contributed by atoms with E-state index in [2.05, 4.69) is 15.4 Å². The second-order valence-electron chi connectivity index (χ2n) is 4.36. The number of aromatic nitrogens is 3. The number of benzene rings is 1. The zero-order valence-electron chi connectivity index (χ0n) is 11.1. The summed E-state index contributed by atoms with van der Waals surface area (Å²) in [7, 11) is 0. The smallest absolute Gasteiger partial charge is 0.273 e. The van der Waals surface area contributed by atoms with Gasteiger partial charge in [0.05, 0.1) is 11.2 Å². The van der Waals surface area contributed by atoms with E-state index in [0.29, 0.717) is 12.2 Å². The Bertz CT molecular complexity index is 758. The lowest BCUT2D eigenvalue weighted by Gasteiger charge is -2.09. The van der Waals surface area contributed by atoms with Crippen LogP contribution in [0.3, 0.4) is 0 Å². The number of nitrogens with zero attached hydrogens (tertiary/aromatic N) is 3. The number of anilines is 1. The zero-order valence-corrected chi connectivity index (χ0v) is 11.1. The van der Waals surface area contributed by atoms with E-state index in [4.69, 9.17) is 0 Å². The summed E-state index contributed by atoms with van der Waals surface area (Å²) in [5.74, 6) is -0.166. The molecule has 2 aromatic heterocycles. The minimum atomic E-state index is -0.166. The number of amides is 1. The molecule has 0 fully saturated rings. The second kappa shape index (κ2) is 5.13. The van der Waals surface area contributed by atoms with E-state index in [1.807, 2.05) is 37.3 Å². The summed E-state index contributed by atoms with van der Waals surface area (Å²) in [5.41, 5.74) is 2.16. The number of nitrogens with one attached hydrogen (secondary N) is 1. The molecule has 100 valence electrons. The molecule has 1 N–H and O–H groups in total. The maximum atomic E-state index is 12.3. The van der Waals surface area contributed by atoms with Crippen LogP contribution in [-0.4, -0.2) is 20.7 Å². The quantitative estimate of drug-likeness (QED) is 0.793. The van der Waals surface area contributed by atoms with Gasteiger partial charge in [0.25, 0.3) is 5.91 Å². The molecule has 3 aromatic rings. The van der Waals surface area contributed by atoms with Gasteiger partial charge in [-0.15, -0.1) is 0 Å². The molecule has 0 aliphatic heterocycles. The summed E-state index contributed by atoms with van der Waals surface area (Å²) in [4.78, 5) is 16.6. The number of hydrogen-bond donors (Lipinski definition) is 1. The molecule has 0 aliphatic carbocycles. The molecule has 2 heterocycles. The Balaban J connectivity index is 1.96. The molecule has 1 amide bonds. The fourth-order valence-corrected chi connectivity index (χ4v) is 2.18. The minimum Gasteiger partial charge on any atom is -0.320 e. The third kappa shape index (κ3) is 2.14. The van der Waals surface area contributed by atoms with Crippen molar-refractivity contribution >= 4 is 22.5 Å². The molecule has 5 heteroatoms. The third-order valence-electron chi connectivity index (χ3n) is 3.14. The van der Waals surface area contributed by atoms with Gasteiger partial charge in [-0.2, -0.15) is 5.10 Å². The van der Waals surface area contributed by atoms with Gasteiger partial charge in [-0.25, -0.2) is 0 Å². The summed E-state index contributed by atoms with van der Waals surface area (Å²) in [6.45, 7) is 2.61. The van der Waals surface area contributed by atoms with Crippen molar-refractivity contribution in [1.82, 2.24) is 14.8 Å². The van der Waals surface area contributed by atoms with E-state index in [0.717, 1.165) is 16.6 Å². The molecule has 5 nitrogen and oxygen atoms in total. The number of carbonyl (C=O) groups is 1. The standard InChI is InChI=1S/C15H14N4O/c1-2-19-14(8-10-17-19)15(20)18-13-7-3-6-12-11(13)5-4-9-16-12/h3-10H,2H2,1H3,(H,18,20). The van der Waals surface area contributed by atoms with Crippen molar-refractivity contribution in [2.24, 2.45) is 0 Å². The van der Waals surface area contributed by atoms with Crippen LogP contribution in [0.4, 0.5) is 5.69 Å². The monoisotopic (exact) mass is 266 g/mol. The molecule has 0 unspecified atom stereocenters. The van der Waals surface area contributed by atoms with Gasteiger partial charge in [-0.05, 0) is 37.3 Å². The first-order chi connectivity index (χ1) is 9.79. The van der Waals surface area contributed by atoms with E-state index in [9.17, 15) is 4.79 Å². The summed E-state index contributed by atoms with van der Waals surface area (Å²) in [6.07, 6.45) is 3.36. The third-order valence-corrected chi connectivity index (χ3v) is 3.14. The highest BCUT2D eigenvalue weighted by Gasteiger charge is 2.12. The highest BCUT2D eigenvalue weighted by molar-refractivity contribution is 6.07. The van der Waals surface area contributed by atoms with Crippen molar-refractivity contribution in [3.63, 3.8) is 0 Å². The van der Waals surface area contributed by atoms with Crippen molar-refractivity contribution in [1.29, 1.82) is 0 Å². The van der Waals surface area contributed by atoms with Gasteiger partial charge in [0.1, 0.15) is 5.69 Å².